The van der Waals surface area contributed by atoms with Gasteiger partial charge in [0.05, 0.1) is 0 Å². The minimum absolute atomic E-state index is 0.0400. The number of alkyl carbamates (subject to hydrolysis) is 1. The van der Waals surface area contributed by atoms with E-state index in [0.717, 1.165) is 22.3 Å². The highest BCUT2D eigenvalue weighted by Crippen LogP contribution is 2.44. The maximum absolute atomic E-state index is 12.5. The fourth-order valence-electron chi connectivity index (χ4n) is 3.76. The molecule has 3 N–H and O–H groups in total. The number of carbonyl (C=O) groups excluding carboxylic acids is 2. The summed E-state index contributed by atoms with van der Waals surface area (Å²) < 4.78 is 5.50. The number of rotatable bonds is 8. The minimum Gasteiger partial charge on any atom is -0.481 e. The summed E-state index contributed by atoms with van der Waals surface area (Å²) in [6, 6.07) is 15.8. The van der Waals surface area contributed by atoms with Crippen LogP contribution in [0.5, 0.6) is 0 Å². The average molecular weight is 424 g/mol. The summed E-state index contributed by atoms with van der Waals surface area (Å²) in [5, 5.41) is 14.1. The van der Waals surface area contributed by atoms with E-state index in [2.05, 4.69) is 22.8 Å². The standard InChI is InChI=1S/C24H28N2O5/c1-15(12-13-21(27)28)25-22(29)24(2,3)26-23(30)31-14-20-18-10-6-4-8-16(18)17-9-5-7-11-19(17)20/h4-11,15,20H,12-14H2,1-3H3,(H,25,29)(H,26,30)(H,27,28). The predicted molar refractivity (Wildman–Crippen MR) is 117 cm³/mol. The molecule has 0 saturated carbocycles. The fourth-order valence-corrected chi connectivity index (χ4v) is 3.76. The third kappa shape index (κ3) is 5.23. The molecular weight excluding hydrogens is 396 g/mol. The van der Waals surface area contributed by atoms with Gasteiger partial charge in [0, 0.05) is 18.4 Å². The first-order chi connectivity index (χ1) is 14.7. The van der Waals surface area contributed by atoms with Crippen molar-refractivity contribution < 1.29 is 24.2 Å². The van der Waals surface area contributed by atoms with Gasteiger partial charge >= 0.3 is 12.1 Å². The van der Waals surface area contributed by atoms with E-state index in [0.29, 0.717) is 6.42 Å². The molecule has 1 unspecified atom stereocenters. The number of benzene rings is 2. The Hall–Kier alpha value is -3.35. The maximum atomic E-state index is 12.5. The molecule has 3 rings (SSSR count). The number of carboxylic acid groups (broad SMARTS) is 1. The minimum atomic E-state index is -1.21. The van der Waals surface area contributed by atoms with E-state index in [1.54, 1.807) is 20.8 Å². The highest BCUT2D eigenvalue weighted by Gasteiger charge is 2.33. The predicted octanol–water partition coefficient (Wildman–Crippen LogP) is 3.67. The van der Waals surface area contributed by atoms with E-state index in [1.165, 1.54) is 0 Å². The Bertz CT molecular complexity index is 940. The summed E-state index contributed by atoms with van der Waals surface area (Å²) in [5.74, 6) is -1.39. The van der Waals surface area contributed by atoms with Crippen LogP contribution in [0.15, 0.2) is 48.5 Å². The number of carbonyl (C=O) groups is 3. The Morgan fingerprint density at radius 2 is 1.58 bits per heavy atom. The van der Waals surface area contributed by atoms with Crippen LogP contribution in [-0.2, 0) is 14.3 Å². The molecule has 2 amide bonds. The van der Waals surface area contributed by atoms with Gasteiger partial charge in [0.15, 0.2) is 0 Å². The number of hydrogen-bond donors (Lipinski definition) is 3. The number of carboxylic acids is 1. The molecule has 0 radical (unpaired) electrons. The van der Waals surface area contributed by atoms with Gasteiger partial charge in [0.25, 0.3) is 0 Å². The van der Waals surface area contributed by atoms with Gasteiger partial charge in [-0.1, -0.05) is 48.5 Å². The van der Waals surface area contributed by atoms with Gasteiger partial charge in [-0.2, -0.15) is 0 Å². The van der Waals surface area contributed by atoms with Gasteiger partial charge in [-0.15, -0.1) is 0 Å². The van der Waals surface area contributed by atoms with Crippen LogP contribution in [0.25, 0.3) is 11.1 Å². The van der Waals surface area contributed by atoms with Crippen LogP contribution in [0.1, 0.15) is 50.7 Å². The second-order valence-corrected chi connectivity index (χ2v) is 8.38. The topological polar surface area (TPSA) is 105 Å². The zero-order valence-electron chi connectivity index (χ0n) is 18.0. The van der Waals surface area contributed by atoms with Gasteiger partial charge in [0.1, 0.15) is 12.1 Å². The van der Waals surface area contributed by atoms with Crippen LogP contribution in [0, 0.1) is 0 Å². The molecule has 7 heteroatoms. The normalized spacial score (nSPS) is 13.6. The number of fused-ring (bicyclic) bond motifs is 3. The van der Waals surface area contributed by atoms with Crippen molar-refractivity contribution >= 4 is 18.0 Å². The van der Waals surface area contributed by atoms with Crippen LogP contribution in [0.4, 0.5) is 4.79 Å². The highest BCUT2D eigenvalue weighted by atomic mass is 16.5. The fraction of sp³-hybridized carbons (Fsp3) is 0.375. The Labute approximate surface area is 181 Å². The summed E-state index contributed by atoms with van der Waals surface area (Å²) in [6.07, 6.45) is -0.413. The average Bonchev–Trinajstić information content (AvgIpc) is 3.04. The van der Waals surface area contributed by atoms with Crippen LogP contribution in [0.3, 0.4) is 0 Å². The molecule has 0 heterocycles. The number of nitrogens with one attached hydrogen (secondary N) is 2. The molecule has 0 saturated heterocycles. The Kier molecular flexibility index (Phi) is 6.63. The molecule has 0 spiro atoms. The van der Waals surface area contributed by atoms with Crippen molar-refractivity contribution in [3.05, 3.63) is 59.7 Å². The monoisotopic (exact) mass is 424 g/mol. The van der Waals surface area contributed by atoms with Crippen LogP contribution < -0.4 is 10.6 Å². The van der Waals surface area contributed by atoms with Gasteiger partial charge < -0.3 is 20.5 Å². The zero-order chi connectivity index (χ0) is 22.6. The quantitative estimate of drug-likeness (QED) is 0.600. The van der Waals surface area contributed by atoms with E-state index in [1.807, 2.05) is 36.4 Å². The Balaban J connectivity index is 1.58. The molecule has 164 valence electrons. The molecular formula is C24H28N2O5. The lowest BCUT2D eigenvalue weighted by Gasteiger charge is -2.27. The summed E-state index contributed by atoms with van der Waals surface area (Å²) in [4.78, 5) is 35.6. The summed E-state index contributed by atoms with van der Waals surface area (Å²) in [5.41, 5.74) is 3.30. The van der Waals surface area contributed by atoms with Gasteiger partial charge in [-0.3, -0.25) is 9.59 Å². The second-order valence-electron chi connectivity index (χ2n) is 8.38. The number of hydrogen-bond acceptors (Lipinski definition) is 4. The largest absolute Gasteiger partial charge is 0.481 e. The molecule has 1 aliphatic rings. The summed E-state index contributed by atoms with van der Waals surface area (Å²) in [6.45, 7) is 5.04. The van der Waals surface area contributed by atoms with Crippen molar-refractivity contribution in [2.75, 3.05) is 6.61 Å². The molecule has 7 nitrogen and oxygen atoms in total. The molecule has 0 aliphatic heterocycles. The Morgan fingerprint density at radius 3 is 2.13 bits per heavy atom. The van der Waals surface area contributed by atoms with E-state index in [9.17, 15) is 14.4 Å². The summed E-state index contributed by atoms with van der Waals surface area (Å²) >= 11 is 0. The van der Waals surface area contributed by atoms with Crippen molar-refractivity contribution in [1.29, 1.82) is 0 Å². The lowest BCUT2D eigenvalue weighted by molar-refractivity contribution is -0.137. The molecule has 1 aliphatic carbocycles. The maximum Gasteiger partial charge on any atom is 0.408 e. The highest BCUT2D eigenvalue weighted by molar-refractivity contribution is 5.89. The molecule has 2 aromatic rings. The number of amides is 2. The first kappa shape index (κ1) is 22.3. The molecule has 2 aromatic carbocycles. The molecule has 1 atom stereocenters. The van der Waals surface area contributed by atoms with Crippen LogP contribution in [0.2, 0.25) is 0 Å². The smallest absolute Gasteiger partial charge is 0.408 e. The van der Waals surface area contributed by atoms with E-state index >= 15 is 0 Å². The molecule has 31 heavy (non-hydrogen) atoms. The van der Waals surface area contributed by atoms with Crippen LogP contribution >= 0.6 is 0 Å². The first-order valence-electron chi connectivity index (χ1n) is 10.3. The molecule has 0 aromatic heterocycles. The third-order valence-electron chi connectivity index (χ3n) is 5.49. The number of aliphatic carboxylic acids is 1. The van der Waals surface area contributed by atoms with E-state index < -0.39 is 23.5 Å². The van der Waals surface area contributed by atoms with Gasteiger partial charge in [-0.25, -0.2) is 4.79 Å². The van der Waals surface area contributed by atoms with Gasteiger partial charge in [-0.05, 0) is 49.4 Å². The second kappa shape index (κ2) is 9.20. The first-order valence-corrected chi connectivity index (χ1v) is 10.3. The van der Waals surface area contributed by atoms with Crippen molar-refractivity contribution in [3.63, 3.8) is 0 Å². The van der Waals surface area contributed by atoms with E-state index in [-0.39, 0.29) is 25.0 Å². The Morgan fingerprint density at radius 1 is 1.03 bits per heavy atom. The lowest BCUT2D eigenvalue weighted by atomic mass is 9.98. The van der Waals surface area contributed by atoms with Crippen molar-refractivity contribution in [1.82, 2.24) is 10.6 Å². The van der Waals surface area contributed by atoms with Gasteiger partial charge in [0.2, 0.25) is 5.91 Å². The van der Waals surface area contributed by atoms with Crippen molar-refractivity contribution in [2.24, 2.45) is 0 Å². The lowest BCUT2D eigenvalue weighted by Crippen LogP contribution is -2.56. The molecule has 0 fully saturated rings. The SMILES string of the molecule is CC(CCC(=O)O)NC(=O)C(C)(C)NC(=O)OCC1c2ccccc2-c2ccccc21. The zero-order valence-corrected chi connectivity index (χ0v) is 18.0. The van der Waals surface area contributed by atoms with Crippen molar-refractivity contribution in [3.8, 4) is 11.1 Å². The van der Waals surface area contributed by atoms with E-state index in [4.69, 9.17) is 9.84 Å². The summed E-state index contributed by atoms with van der Waals surface area (Å²) in [7, 11) is 0. The third-order valence-corrected chi connectivity index (χ3v) is 5.49. The van der Waals surface area contributed by atoms with Crippen molar-refractivity contribution in [2.45, 2.75) is 51.1 Å². The molecule has 0 bridgehead atoms. The number of ether oxygens (including phenoxy) is 1. The van der Waals surface area contributed by atoms with Crippen LogP contribution in [-0.4, -0.2) is 41.3 Å².